The van der Waals surface area contributed by atoms with Gasteiger partial charge in [-0.25, -0.2) is 0 Å². The van der Waals surface area contributed by atoms with Gasteiger partial charge in [-0.3, -0.25) is 14.4 Å². The number of hydrogen-bond donors (Lipinski definition) is 2. The lowest BCUT2D eigenvalue weighted by Crippen LogP contribution is -2.59. The van der Waals surface area contributed by atoms with E-state index in [-0.39, 0.29) is 29.6 Å². The van der Waals surface area contributed by atoms with E-state index in [1.165, 1.54) is 0 Å². The molecule has 0 unspecified atom stereocenters. The fourth-order valence-electron chi connectivity index (χ4n) is 3.39. The molecule has 6 heteroatoms. The summed E-state index contributed by atoms with van der Waals surface area (Å²) in [6, 6.07) is 6.49. The number of piperazine rings is 1. The van der Waals surface area contributed by atoms with Crippen molar-refractivity contribution in [2.45, 2.75) is 33.2 Å². The van der Waals surface area contributed by atoms with E-state index in [4.69, 9.17) is 0 Å². The molecule has 0 bridgehead atoms. The normalized spacial score (nSPS) is 25.5. The van der Waals surface area contributed by atoms with Crippen LogP contribution in [-0.2, 0) is 9.59 Å². The Morgan fingerprint density at radius 3 is 2.68 bits per heavy atom. The van der Waals surface area contributed by atoms with Gasteiger partial charge >= 0.3 is 0 Å². The van der Waals surface area contributed by atoms with Crippen molar-refractivity contribution in [1.29, 1.82) is 0 Å². The first-order valence-corrected chi connectivity index (χ1v) is 8.88. The number of carbonyl (C=O) groups excluding carboxylic acids is 3. The van der Waals surface area contributed by atoms with Crippen molar-refractivity contribution in [2.75, 3.05) is 18.4 Å². The van der Waals surface area contributed by atoms with Crippen LogP contribution in [0.3, 0.4) is 0 Å². The summed E-state index contributed by atoms with van der Waals surface area (Å²) in [5.74, 6) is 0.267. The van der Waals surface area contributed by atoms with E-state index in [0.717, 1.165) is 6.42 Å². The molecule has 134 valence electrons. The molecule has 3 atom stereocenters. The molecule has 1 aliphatic heterocycles. The molecule has 1 aliphatic carbocycles. The van der Waals surface area contributed by atoms with Gasteiger partial charge in [0.15, 0.2) is 0 Å². The molecule has 6 nitrogen and oxygen atoms in total. The van der Waals surface area contributed by atoms with Gasteiger partial charge in [0, 0.05) is 30.3 Å². The van der Waals surface area contributed by atoms with Crippen molar-refractivity contribution in [3.05, 3.63) is 29.8 Å². The predicted molar refractivity (Wildman–Crippen MR) is 95.0 cm³/mol. The van der Waals surface area contributed by atoms with E-state index in [0.29, 0.717) is 30.3 Å². The second-order valence-corrected chi connectivity index (χ2v) is 7.37. The lowest BCUT2D eigenvalue weighted by atomic mass is 9.98. The molecule has 3 rings (SSSR count). The number of hydrogen-bond acceptors (Lipinski definition) is 3. The van der Waals surface area contributed by atoms with Gasteiger partial charge in [-0.05, 0) is 36.5 Å². The standard InChI is InChI=1S/C19H25N3O3/c1-11(2)16-18(24)20-7-8-22(16)19(25)13-5-4-6-14(10-13)21-17(23)15-9-12(15)3/h4-6,10-12,15-16H,7-9H2,1-3H3,(H,20,24)(H,21,23)/t12-,15-,16+/m0/s1. The summed E-state index contributed by atoms with van der Waals surface area (Å²) in [6.45, 7) is 6.87. The Morgan fingerprint density at radius 1 is 1.32 bits per heavy atom. The third kappa shape index (κ3) is 3.67. The first-order chi connectivity index (χ1) is 11.9. The molecule has 2 aliphatic rings. The van der Waals surface area contributed by atoms with Crippen molar-refractivity contribution in [1.82, 2.24) is 10.2 Å². The average molecular weight is 343 g/mol. The molecule has 3 amide bonds. The molecular weight excluding hydrogens is 318 g/mol. The van der Waals surface area contributed by atoms with Crippen LogP contribution in [0, 0.1) is 17.8 Å². The van der Waals surface area contributed by atoms with E-state index in [1.54, 1.807) is 29.2 Å². The van der Waals surface area contributed by atoms with Gasteiger partial charge in [0.25, 0.3) is 5.91 Å². The minimum absolute atomic E-state index is 0.00880. The summed E-state index contributed by atoms with van der Waals surface area (Å²) in [6.07, 6.45) is 0.920. The van der Waals surface area contributed by atoms with Gasteiger partial charge in [0.2, 0.25) is 11.8 Å². The lowest BCUT2D eigenvalue weighted by molar-refractivity contribution is -0.129. The highest BCUT2D eigenvalue weighted by Gasteiger charge is 2.39. The summed E-state index contributed by atoms with van der Waals surface area (Å²) < 4.78 is 0. The molecule has 0 aromatic heterocycles. The van der Waals surface area contributed by atoms with Crippen LogP contribution in [0.25, 0.3) is 0 Å². The largest absolute Gasteiger partial charge is 0.353 e. The Hall–Kier alpha value is -2.37. The minimum Gasteiger partial charge on any atom is -0.353 e. The molecule has 0 spiro atoms. The van der Waals surface area contributed by atoms with E-state index < -0.39 is 6.04 Å². The molecule has 1 heterocycles. The van der Waals surface area contributed by atoms with Gasteiger partial charge in [-0.2, -0.15) is 0 Å². The quantitative estimate of drug-likeness (QED) is 0.876. The van der Waals surface area contributed by atoms with Crippen LogP contribution in [0.4, 0.5) is 5.69 Å². The first kappa shape index (κ1) is 17.5. The molecule has 0 radical (unpaired) electrons. The summed E-state index contributed by atoms with van der Waals surface area (Å²) in [5.41, 5.74) is 1.11. The molecule has 25 heavy (non-hydrogen) atoms. The number of nitrogens with zero attached hydrogens (tertiary/aromatic N) is 1. The Balaban J connectivity index is 1.76. The fourth-order valence-corrected chi connectivity index (χ4v) is 3.39. The van der Waals surface area contributed by atoms with E-state index in [1.807, 2.05) is 13.8 Å². The maximum absolute atomic E-state index is 12.9. The van der Waals surface area contributed by atoms with Crippen LogP contribution in [0.1, 0.15) is 37.6 Å². The molecule has 2 N–H and O–H groups in total. The molecule has 1 saturated carbocycles. The van der Waals surface area contributed by atoms with E-state index >= 15 is 0 Å². The summed E-state index contributed by atoms with van der Waals surface area (Å²) in [7, 11) is 0. The zero-order valence-electron chi connectivity index (χ0n) is 14.9. The molecule has 1 aromatic carbocycles. The van der Waals surface area contributed by atoms with Crippen molar-refractivity contribution in [3.8, 4) is 0 Å². The summed E-state index contributed by atoms with van der Waals surface area (Å²) in [5, 5.41) is 5.71. The highest BCUT2D eigenvalue weighted by Crippen LogP contribution is 2.38. The maximum atomic E-state index is 12.9. The number of benzene rings is 1. The lowest BCUT2D eigenvalue weighted by Gasteiger charge is -2.37. The molecule has 1 aromatic rings. The Labute approximate surface area is 148 Å². The number of rotatable bonds is 4. The van der Waals surface area contributed by atoms with Crippen LogP contribution in [0.15, 0.2) is 24.3 Å². The minimum atomic E-state index is -0.466. The van der Waals surface area contributed by atoms with Crippen molar-refractivity contribution < 1.29 is 14.4 Å². The predicted octanol–water partition coefficient (Wildman–Crippen LogP) is 1.88. The monoisotopic (exact) mass is 343 g/mol. The summed E-state index contributed by atoms with van der Waals surface area (Å²) in [4.78, 5) is 38.8. The van der Waals surface area contributed by atoms with Crippen molar-refractivity contribution in [3.63, 3.8) is 0 Å². The van der Waals surface area contributed by atoms with Gasteiger partial charge in [0.1, 0.15) is 6.04 Å². The average Bonchev–Trinajstić information content (AvgIpc) is 3.31. The maximum Gasteiger partial charge on any atom is 0.254 e. The van der Waals surface area contributed by atoms with Crippen LogP contribution in [-0.4, -0.2) is 41.8 Å². The Bertz CT molecular complexity index is 701. The summed E-state index contributed by atoms with van der Waals surface area (Å²) >= 11 is 0. The highest BCUT2D eigenvalue weighted by atomic mass is 16.2. The van der Waals surface area contributed by atoms with Crippen LogP contribution >= 0.6 is 0 Å². The van der Waals surface area contributed by atoms with Crippen LogP contribution in [0.2, 0.25) is 0 Å². The second kappa shape index (κ2) is 6.86. The number of amides is 3. The van der Waals surface area contributed by atoms with Gasteiger partial charge in [0.05, 0.1) is 0 Å². The van der Waals surface area contributed by atoms with Gasteiger partial charge in [-0.15, -0.1) is 0 Å². The van der Waals surface area contributed by atoms with Crippen LogP contribution < -0.4 is 10.6 Å². The number of nitrogens with one attached hydrogen (secondary N) is 2. The topological polar surface area (TPSA) is 78.5 Å². The fraction of sp³-hybridized carbons (Fsp3) is 0.526. The first-order valence-electron chi connectivity index (χ1n) is 8.88. The zero-order valence-corrected chi connectivity index (χ0v) is 14.9. The molecular formula is C19H25N3O3. The number of anilines is 1. The van der Waals surface area contributed by atoms with E-state index in [9.17, 15) is 14.4 Å². The number of carbonyl (C=O) groups is 3. The highest BCUT2D eigenvalue weighted by molar-refractivity contribution is 6.00. The third-order valence-corrected chi connectivity index (χ3v) is 4.97. The van der Waals surface area contributed by atoms with Crippen molar-refractivity contribution >= 4 is 23.4 Å². The van der Waals surface area contributed by atoms with E-state index in [2.05, 4.69) is 17.6 Å². The molecule has 2 fully saturated rings. The Morgan fingerprint density at radius 2 is 2.04 bits per heavy atom. The van der Waals surface area contributed by atoms with Gasteiger partial charge < -0.3 is 15.5 Å². The van der Waals surface area contributed by atoms with Gasteiger partial charge in [-0.1, -0.05) is 26.8 Å². The molecule has 1 saturated heterocycles. The smallest absolute Gasteiger partial charge is 0.254 e. The van der Waals surface area contributed by atoms with Crippen molar-refractivity contribution in [2.24, 2.45) is 17.8 Å². The SMILES string of the molecule is CC(C)[C@@H]1C(=O)NCCN1C(=O)c1cccc(NC(=O)[C@H]2C[C@@H]2C)c1. The van der Waals surface area contributed by atoms with Crippen LogP contribution in [0.5, 0.6) is 0 Å². The Kier molecular flexibility index (Phi) is 4.79. The zero-order chi connectivity index (χ0) is 18.1. The second-order valence-electron chi connectivity index (χ2n) is 7.37. The third-order valence-electron chi connectivity index (χ3n) is 4.97.